The van der Waals surface area contributed by atoms with Gasteiger partial charge in [-0.3, -0.25) is 0 Å². The van der Waals surface area contributed by atoms with E-state index < -0.39 is 19.5 Å². The number of nitrogens with two attached hydrogens (primary N) is 1. The van der Waals surface area contributed by atoms with Gasteiger partial charge < -0.3 is 19.6 Å². The molecular formula is C19H33NO4SSi. The summed E-state index contributed by atoms with van der Waals surface area (Å²) < 4.78 is 18.3. The van der Waals surface area contributed by atoms with E-state index in [0.29, 0.717) is 13.0 Å². The van der Waals surface area contributed by atoms with Gasteiger partial charge in [0, 0.05) is 11.3 Å². The lowest BCUT2D eigenvalue weighted by Crippen LogP contribution is -2.54. The minimum atomic E-state index is -1.85. The molecule has 1 aromatic heterocycles. The Hall–Kier alpha value is -0.893. The van der Waals surface area contributed by atoms with E-state index in [1.165, 1.54) is 11.3 Å². The van der Waals surface area contributed by atoms with Gasteiger partial charge in [-0.1, -0.05) is 20.8 Å². The Kier molecular flexibility index (Phi) is 6.59. The number of rotatable bonds is 7. The van der Waals surface area contributed by atoms with Gasteiger partial charge >= 0.3 is 5.97 Å². The monoisotopic (exact) mass is 399 g/mol. The Labute approximate surface area is 162 Å². The summed E-state index contributed by atoms with van der Waals surface area (Å²) in [6.07, 6.45) is 0.451. The molecule has 0 bridgehead atoms. The minimum absolute atomic E-state index is 0.249. The van der Waals surface area contributed by atoms with Crippen LogP contribution >= 0.6 is 11.3 Å². The van der Waals surface area contributed by atoms with Gasteiger partial charge in [-0.05, 0) is 50.5 Å². The van der Waals surface area contributed by atoms with Crippen LogP contribution in [0.2, 0.25) is 18.1 Å². The summed E-state index contributed by atoms with van der Waals surface area (Å²) in [5.41, 5.74) is 5.36. The van der Waals surface area contributed by atoms with E-state index in [9.17, 15) is 4.79 Å². The quantitative estimate of drug-likeness (QED) is 0.540. The summed E-state index contributed by atoms with van der Waals surface area (Å²) in [7, 11) is -1.85. The number of carbonyl (C=O) groups excluding carboxylic acids is 1. The molecule has 0 radical (unpaired) electrons. The highest BCUT2D eigenvalue weighted by atomic mass is 32.1. The first-order valence-corrected chi connectivity index (χ1v) is 12.8. The fourth-order valence-electron chi connectivity index (χ4n) is 3.30. The van der Waals surface area contributed by atoms with Gasteiger partial charge in [0.1, 0.15) is 5.60 Å². The Morgan fingerprint density at radius 1 is 1.31 bits per heavy atom. The molecule has 0 spiro atoms. The number of carbonyl (C=O) groups is 1. The SMILES string of the molecule is CC[Si](CC)(CC)OCC1(C(=O)OC(C)(C)C)Cc2cc(N)sc2CO1. The van der Waals surface area contributed by atoms with E-state index >= 15 is 0 Å². The first-order valence-electron chi connectivity index (χ1n) is 9.47. The molecule has 148 valence electrons. The lowest BCUT2D eigenvalue weighted by molar-refractivity contribution is -0.192. The van der Waals surface area contributed by atoms with Gasteiger partial charge in [-0.15, -0.1) is 11.3 Å². The third kappa shape index (κ3) is 4.68. The lowest BCUT2D eigenvalue weighted by atomic mass is 9.92. The molecule has 2 N–H and O–H groups in total. The largest absolute Gasteiger partial charge is 0.458 e. The second-order valence-electron chi connectivity index (χ2n) is 8.09. The Balaban J connectivity index is 2.29. The van der Waals surface area contributed by atoms with Crippen LogP contribution in [-0.2, 0) is 31.7 Å². The molecular weight excluding hydrogens is 366 g/mol. The van der Waals surface area contributed by atoms with Crippen LogP contribution in [0.4, 0.5) is 5.00 Å². The molecule has 1 aliphatic heterocycles. The van der Waals surface area contributed by atoms with E-state index in [1.807, 2.05) is 26.8 Å². The predicted molar refractivity (Wildman–Crippen MR) is 109 cm³/mol. The maximum Gasteiger partial charge on any atom is 0.341 e. The van der Waals surface area contributed by atoms with Crippen molar-refractivity contribution in [3.8, 4) is 0 Å². The fourth-order valence-corrected chi connectivity index (χ4v) is 6.82. The highest BCUT2D eigenvalue weighted by Crippen LogP contribution is 2.37. The second kappa shape index (κ2) is 8.00. The summed E-state index contributed by atoms with van der Waals surface area (Å²) >= 11 is 1.52. The van der Waals surface area contributed by atoms with E-state index in [1.54, 1.807) is 0 Å². The molecule has 1 unspecified atom stereocenters. The predicted octanol–water partition coefficient (Wildman–Crippen LogP) is 4.51. The summed E-state index contributed by atoms with van der Waals surface area (Å²) in [5.74, 6) is -0.341. The number of thiophene rings is 1. The molecule has 26 heavy (non-hydrogen) atoms. The third-order valence-electron chi connectivity index (χ3n) is 5.19. The topological polar surface area (TPSA) is 70.8 Å². The van der Waals surface area contributed by atoms with Gasteiger partial charge in [-0.2, -0.15) is 0 Å². The van der Waals surface area contributed by atoms with Crippen molar-refractivity contribution in [2.45, 2.75) is 83.9 Å². The summed E-state index contributed by atoms with van der Waals surface area (Å²) in [6, 6.07) is 5.04. The van der Waals surface area contributed by atoms with Gasteiger partial charge in [0.25, 0.3) is 0 Å². The molecule has 0 fully saturated rings. The zero-order valence-electron chi connectivity index (χ0n) is 16.9. The summed E-state index contributed by atoms with van der Waals surface area (Å²) in [6.45, 7) is 12.8. The van der Waals surface area contributed by atoms with Crippen molar-refractivity contribution < 1.29 is 18.7 Å². The smallest absolute Gasteiger partial charge is 0.341 e. The molecule has 2 heterocycles. The molecule has 0 saturated carbocycles. The van der Waals surface area contributed by atoms with Crippen LogP contribution in [0.3, 0.4) is 0 Å². The van der Waals surface area contributed by atoms with Crippen molar-refractivity contribution in [3.63, 3.8) is 0 Å². The van der Waals surface area contributed by atoms with Crippen LogP contribution in [0.15, 0.2) is 6.07 Å². The normalized spacial score (nSPS) is 20.7. The van der Waals surface area contributed by atoms with Gasteiger partial charge in [0.15, 0.2) is 13.9 Å². The standard InChI is InChI=1S/C19H33NO4SSi/c1-7-26(8-2,9-3)23-13-19(17(21)24-18(4,5)6)11-14-10-16(20)25-15(14)12-22-19/h10H,7-9,11-13,20H2,1-6H3. The van der Waals surface area contributed by atoms with Crippen LogP contribution in [0.5, 0.6) is 0 Å². The van der Waals surface area contributed by atoms with Crippen LogP contribution in [0, 0.1) is 0 Å². The van der Waals surface area contributed by atoms with Gasteiger partial charge in [-0.25, -0.2) is 4.79 Å². The number of esters is 1. The summed E-state index contributed by atoms with van der Waals surface area (Å²) in [4.78, 5) is 14.2. The molecule has 5 nitrogen and oxygen atoms in total. The zero-order chi connectivity index (χ0) is 19.6. The molecule has 1 aromatic rings. The van der Waals surface area contributed by atoms with Crippen LogP contribution in [0.1, 0.15) is 52.0 Å². The van der Waals surface area contributed by atoms with E-state index in [2.05, 4.69) is 20.8 Å². The van der Waals surface area contributed by atoms with Crippen LogP contribution < -0.4 is 5.73 Å². The zero-order valence-corrected chi connectivity index (χ0v) is 18.8. The first-order chi connectivity index (χ1) is 12.1. The Bertz CT molecular complexity index is 628. The van der Waals surface area contributed by atoms with Crippen molar-refractivity contribution >= 4 is 30.6 Å². The van der Waals surface area contributed by atoms with Gasteiger partial charge in [0.05, 0.1) is 18.2 Å². The van der Waals surface area contributed by atoms with E-state index in [4.69, 9.17) is 19.6 Å². The van der Waals surface area contributed by atoms with Crippen LogP contribution in [-0.4, -0.2) is 32.1 Å². The van der Waals surface area contributed by atoms with E-state index in [0.717, 1.165) is 33.6 Å². The summed E-state index contributed by atoms with van der Waals surface area (Å²) in [5, 5.41) is 0.749. The third-order valence-corrected chi connectivity index (χ3v) is 10.8. The van der Waals surface area contributed by atoms with Gasteiger partial charge in [0.2, 0.25) is 0 Å². The number of anilines is 1. The van der Waals surface area contributed by atoms with Crippen molar-refractivity contribution in [1.29, 1.82) is 0 Å². The Morgan fingerprint density at radius 3 is 2.46 bits per heavy atom. The molecule has 0 aromatic carbocycles. The minimum Gasteiger partial charge on any atom is -0.458 e. The molecule has 2 rings (SSSR count). The Morgan fingerprint density at radius 2 is 1.92 bits per heavy atom. The van der Waals surface area contributed by atoms with Crippen molar-refractivity contribution in [3.05, 3.63) is 16.5 Å². The molecule has 0 aliphatic carbocycles. The van der Waals surface area contributed by atoms with Crippen molar-refractivity contribution in [2.24, 2.45) is 0 Å². The van der Waals surface area contributed by atoms with Crippen molar-refractivity contribution in [1.82, 2.24) is 0 Å². The maximum atomic E-state index is 13.1. The molecule has 7 heteroatoms. The number of hydrogen-bond donors (Lipinski definition) is 1. The molecule has 1 aliphatic rings. The molecule has 0 saturated heterocycles. The van der Waals surface area contributed by atoms with Crippen LogP contribution in [0.25, 0.3) is 0 Å². The average molecular weight is 400 g/mol. The average Bonchev–Trinajstić information content (AvgIpc) is 2.94. The van der Waals surface area contributed by atoms with Crippen molar-refractivity contribution in [2.75, 3.05) is 12.3 Å². The number of ether oxygens (including phenoxy) is 2. The molecule has 1 atom stereocenters. The number of fused-ring (bicyclic) bond motifs is 1. The lowest BCUT2D eigenvalue weighted by Gasteiger charge is -2.39. The number of nitrogen functional groups attached to an aromatic ring is 1. The number of hydrogen-bond acceptors (Lipinski definition) is 6. The maximum absolute atomic E-state index is 13.1. The second-order valence-corrected chi connectivity index (χ2v) is 14.0. The fraction of sp³-hybridized carbons (Fsp3) is 0.737. The highest BCUT2D eigenvalue weighted by molar-refractivity contribution is 7.16. The highest BCUT2D eigenvalue weighted by Gasteiger charge is 2.48. The molecule has 0 amide bonds. The van der Waals surface area contributed by atoms with E-state index in [-0.39, 0.29) is 12.6 Å². The first kappa shape index (κ1) is 21.4.